The molecule has 11 nitrogen and oxygen atoms in total. The predicted molar refractivity (Wildman–Crippen MR) is 154 cm³/mol. The molecule has 1 atom stereocenters. The van der Waals surface area contributed by atoms with Crippen LogP contribution in [0.5, 0.6) is 11.5 Å². The number of imidazole rings is 1. The smallest absolute Gasteiger partial charge is 0.416 e. The van der Waals surface area contributed by atoms with E-state index in [0.717, 1.165) is 31.5 Å². The summed E-state index contributed by atoms with van der Waals surface area (Å²) in [6, 6.07) is 3.65. The standard InChI is InChI=1S/C27H29ClF3N9O2/c1-33-22-13-34-19(11-35-22)20(10-32)42-21-12-36-25-24(23(21)28)40(3)26(38-25)37-16-7-15(27(29,30)31)8-18(9-16)41-14-17-5-4-6-39(17)2/h7-13,17H,4-6,14,32H2,1-3H3,(H,33,35)(H,36,37,38)/t17-/m0/s1. The number of nitrogens with zero attached hydrogens (tertiary/aromatic N) is 6. The van der Waals surface area contributed by atoms with Gasteiger partial charge in [-0.2, -0.15) is 18.2 Å². The summed E-state index contributed by atoms with van der Waals surface area (Å²) in [5.74, 6) is 1.23. The molecule has 1 fully saturated rings. The number of likely N-dealkylation sites (N-methyl/N-ethyl adjacent to an activating group) is 1. The highest BCUT2D eigenvalue weighted by Gasteiger charge is 2.32. The number of pyridine rings is 1. The molecule has 42 heavy (non-hydrogen) atoms. The molecule has 4 aromatic rings. The van der Waals surface area contributed by atoms with Crippen molar-refractivity contribution in [2.75, 3.05) is 37.9 Å². The molecule has 0 bridgehead atoms. The molecule has 0 unspecified atom stereocenters. The number of fused-ring (bicyclic) bond motifs is 1. The molecule has 4 N–H and O–H groups in total. The van der Waals surface area contributed by atoms with Crippen molar-refractivity contribution in [1.29, 1.82) is 0 Å². The Kier molecular flexibility index (Phi) is 8.27. The highest BCUT2D eigenvalue weighted by atomic mass is 35.5. The molecule has 0 amide bonds. The van der Waals surface area contributed by atoms with Crippen molar-refractivity contribution in [3.63, 3.8) is 0 Å². The number of likely N-dealkylation sites (tertiary alicyclic amines) is 1. The first-order valence-corrected chi connectivity index (χ1v) is 13.4. The molecule has 222 valence electrons. The van der Waals surface area contributed by atoms with E-state index in [0.29, 0.717) is 17.0 Å². The second-order valence-corrected chi connectivity index (χ2v) is 10.1. The van der Waals surface area contributed by atoms with Gasteiger partial charge in [0.05, 0.1) is 24.2 Å². The van der Waals surface area contributed by atoms with Gasteiger partial charge in [0, 0.05) is 38.1 Å². The molecule has 0 spiro atoms. The largest absolute Gasteiger partial charge is 0.492 e. The number of hydrogen-bond acceptors (Lipinski definition) is 10. The van der Waals surface area contributed by atoms with Gasteiger partial charge in [-0.1, -0.05) is 11.6 Å². The Labute approximate surface area is 244 Å². The summed E-state index contributed by atoms with van der Waals surface area (Å²) in [4.78, 5) is 19.4. The summed E-state index contributed by atoms with van der Waals surface area (Å²) in [5, 5.41) is 5.99. The van der Waals surface area contributed by atoms with Crippen LogP contribution in [0.15, 0.2) is 43.0 Å². The molecule has 1 aromatic carbocycles. The van der Waals surface area contributed by atoms with Crippen molar-refractivity contribution in [3.8, 4) is 11.5 Å². The number of alkyl halides is 3. The molecule has 1 aliphatic rings. The third-order valence-corrected chi connectivity index (χ3v) is 7.31. The molecule has 0 saturated carbocycles. The molecule has 0 aliphatic carbocycles. The van der Waals surface area contributed by atoms with Crippen molar-refractivity contribution in [3.05, 3.63) is 59.3 Å². The van der Waals surface area contributed by atoms with Gasteiger partial charge in [0.25, 0.3) is 0 Å². The minimum atomic E-state index is -4.57. The Morgan fingerprint density at radius 1 is 1.17 bits per heavy atom. The number of aromatic nitrogens is 5. The van der Waals surface area contributed by atoms with E-state index in [1.165, 1.54) is 30.9 Å². The number of rotatable bonds is 9. The van der Waals surface area contributed by atoms with Crippen LogP contribution in [-0.2, 0) is 13.2 Å². The average molecular weight is 604 g/mol. The molecular formula is C27H29ClF3N9O2. The monoisotopic (exact) mass is 603 g/mol. The lowest BCUT2D eigenvalue weighted by atomic mass is 10.1. The van der Waals surface area contributed by atoms with Crippen molar-refractivity contribution < 1.29 is 22.6 Å². The first-order chi connectivity index (χ1) is 20.1. The lowest BCUT2D eigenvalue weighted by Gasteiger charge is -2.20. The summed E-state index contributed by atoms with van der Waals surface area (Å²) in [6.07, 6.45) is 2.97. The van der Waals surface area contributed by atoms with Gasteiger partial charge < -0.3 is 35.3 Å². The van der Waals surface area contributed by atoms with Crippen LogP contribution in [-0.4, -0.2) is 62.7 Å². The Morgan fingerprint density at radius 3 is 2.62 bits per heavy atom. The molecule has 1 aliphatic heterocycles. The topological polar surface area (TPSA) is 128 Å². The Bertz CT molecular complexity index is 1610. The molecule has 5 rings (SSSR count). The minimum absolute atomic E-state index is 0.102. The number of nitrogens with two attached hydrogens (primary N) is 1. The third kappa shape index (κ3) is 6.14. The summed E-state index contributed by atoms with van der Waals surface area (Å²) in [7, 11) is 5.34. The number of halogens is 4. The van der Waals surface area contributed by atoms with Crippen LogP contribution >= 0.6 is 11.6 Å². The number of nitrogens with one attached hydrogen (secondary N) is 2. The first kappa shape index (κ1) is 29.2. The number of aryl methyl sites for hydroxylation is 1. The molecule has 4 heterocycles. The first-order valence-electron chi connectivity index (χ1n) is 13.0. The molecule has 3 aromatic heterocycles. The third-order valence-electron chi connectivity index (χ3n) is 6.94. The van der Waals surface area contributed by atoms with Crippen molar-refractivity contribution in [1.82, 2.24) is 29.4 Å². The number of ether oxygens (including phenoxy) is 2. The van der Waals surface area contributed by atoms with Crippen LogP contribution in [0.1, 0.15) is 24.1 Å². The van der Waals surface area contributed by atoms with Gasteiger partial charge in [-0.25, -0.2) is 15.0 Å². The zero-order chi connectivity index (χ0) is 30.0. The van der Waals surface area contributed by atoms with Crippen LogP contribution in [0.3, 0.4) is 0 Å². The van der Waals surface area contributed by atoms with Gasteiger partial charge in [0.2, 0.25) is 5.95 Å². The van der Waals surface area contributed by atoms with E-state index in [1.54, 1.807) is 18.7 Å². The minimum Gasteiger partial charge on any atom is -0.492 e. The van der Waals surface area contributed by atoms with Crippen LogP contribution < -0.4 is 25.8 Å². The van der Waals surface area contributed by atoms with Crippen molar-refractivity contribution >= 4 is 46.0 Å². The van der Waals surface area contributed by atoms with Gasteiger partial charge in [0.15, 0.2) is 17.2 Å². The maximum absolute atomic E-state index is 13.7. The number of anilines is 3. The lowest BCUT2D eigenvalue weighted by molar-refractivity contribution is -0.137. The summed E-state index contributed by atoms with van der Waals surface area (Å²) >= 11 is 6.68. The fourth-order valence-electron chi connectivity index (χ4n) is 4.60. The van der Waals surface area contributed by atoms with Crippen molar-refractivity contribution in [2.45, 2.75) is 25.1 Å². The number of hydrogen-bond donors (Lipinski definition) is 3. The molecule has 15 heteroatoms. The van der Waals surface area contributed by atoms with Crippen LogP contribution in [0.25, 0.3) is 16.9 Å². The zero-order valence-corrected chi connectivity index (χ0v) is 23.8. The lowest BCUT2D eigenvalue weighted by Crippen LogP contribution is -2.30. The van der Waals surface area contributed by atoms with E-state index in [2.05, 4.69) is 35.5 Å². The fraction of sp³-hybridized carbons (Fsp3) is 0.333. The summed E-state index contributed by atoms with van der Waals surface area (Å²) in [5.41, 5.74) is 6.07. The Hall–Kier alpha value is -4.30. The van der Waals surface area contributed by atoms with E-state index in [1.807, 2.05) is 7.05 Å². The van der Waals surface area contributed by atoms with Gasteiger partial charge in [-0.15, -0.1) is 0 Å². The van der Waals surface area contributed by atoms with E-state index in [4.69, 9.17) is 26.8 Å². The highest BCUT2D eigenvalue weighted by Crippen LogP contribution is 2.37. The summed E-state index contributed by atoms with van der Waals surface area (Å²) < 4.78 is 54.5. The quantitative estimate of drug-likeness (QED) is 0.224. The zero-order valence-electron chi connectivity index (χ0n) is 23.0. The van der Waals surface area contributed by atoms with E-state index >= 15 is 0 Å². The van der Waals surface area contributed by atoms with Gasteiger partial charge in [-0.05, 0) is 38.6 Å². The fourth-order valence-corrected chi connectivity index (χ4v) is 4.90. The Morgan fingerprint density at radius 2 is 1.98 bits per heavy atom. The Balaban J connectivity index is 1.41. The second kappa shape index (κ2) is 11.9. The van der Waals surface area contributed by atoms with E-state index in [9.17, 15) is 13.2 Å². The van der Waals surface area contributed by atoms with Crippen LogP contribution in [0.4, 0.5) is 30.6 Å². The van der Waals surface area contributed by atoms with Gasteiger partial charge in [-0.3, -0.25) is 0 Å². The van der Waals surface area contributed by atoms with Crippen LogP contribution in [0.2, 0.25) is 5.02 Å². The predicted octanol–water partition coefficient (Wildman–Crippen LogP) is 5.02. The van der Waals surface area contributed by atoms with E-state index < -0.39 is 11.7 Å². The molecule has 1 saturated heterocycles. The highest BCUT2D eigenvalue weighted by molar-refractivity contribution is 6.36. The van der Waals surface area contributed by atoms with E-state index in [-0.39, 0.29) is 52.2 Å². The molecule has 0 radical (unpaired) electrons. The molecular weight excluding hydrogens is 575 g/mol. The normalized spacial score (nSPS) is 16.2. The summed E-state index contributed by atoms with van der Waals surface area (Å²) in [6.45, 7) is 1.22. The number of benzene rings is 1. The SMILES string of the molecule is CNc1cnc(C(=CN)Oc2cnc3nc(Nc4cc(OC[C@@H]5CCCN5C)cc(C(F)(F)F)c4)n(C)c3c2Cl)cn1. The van der Waals surface area contributed by atoms with Gasteiger partial charge >= 0.3 is 6.18 Å². The maximum Gasteiger partial charge on any atom is 0.416 e. The van der Waals surface area contributed by atoms with Crippen molar-refractivity contribution in [2.24, 2.45) is 12.8 Å². The second-order valence-electron chi connectivity index (χ2n) is 9.73. The van der Waals surface area contributed by atoms with Crippen LogP contribution in [0, 0.1) is 0 Å². The van der Waals surface area contributed by atoms with Gasteiger partial charge in [0.1, 0.15) is 34.4 Å². The maximum atomic E-state index is 13.7. The average Bonchev–Trinajstić information content (AvgIpc) is 3.53.